The van der Waals surface area contributed by atoms with Crippen LogP contribution in [0.15, 0.2) is 24.3 Å². The quantitative estimate of drug-likeness (QED) is 0.758. The Kier molecular flexibility index (Phi) is 6.33. The molecular formula is C16H22ClNO3. The molecule has 0 heterocycles. The molecule has 4 nitrogen and oxygen atoms in total. The highest BCUT2D eigenvalue weighted by Crippen LogP contribution is 2.24. The van der Waals surface area contributed by atoms with Crippen molar-refractivity contribution < 1.29 is 14.6 Å². The molecule has 0 saturated heterocycles. The molecule has 1 aromatic carbocycles. The first-order valence-corrected chi connectivity index (χ1v) is 7.87. The van der Waals surface area contributed by atoms with E-state index in [9.17, 15) is 4.79 Å². The Morgan fingerprint density at radius 1 is 1.24 bits per heavy atom. The topological polar surface area (TPSA) is 58.6 Å². The number of hydrogen-bond acceptors (Lipinski definition) is 3. The van der Waals surface area contributed by atoms with Gasteiger partial charge in [-0.2, -0.15) is 0 Å². The molecule has 116 valence electrons. The summed E-state index contributed by atoms with van der Waals surface area (Å²) in [7, 11) is 0. The van der Waals surface area contributed by atoms with Gasteiger partial charge < -0.3 is 15.2 Å². The van der Waals surface area contributed by atoms with Gasteiger partial charge in [0, 0.05) is 11.1 Å². The lowest BCUT2D eigenvalue weighted by molar-refractivity contribution is -0.142. The molecule has 0 amide bonds. The van der Waals surface area contributed by atoms with Crippen LogP contribution in [0.3, 0.4) is 0 Å². The van der Waals surface area contributed by atoms with Crippen LogP contribution in [0.2, 0.25) is 5.02 Å². The van der Waals surface area contributed by atoms with Crippen molar-refractivity contribution in [3.63, 3.8) is 0 Å². The number of carbonyl (C=O) groups is 1. The van der Waals surface area contributed by atoms with Gasteiger partial charge in [-0.05, 0) is 62.9 Å². The molecule has 0 aromatic heterocycles. The second-order valence-electron chi connectivity index (χ2n) is 5.50. The number of carboxylic acids is 1. The fourth-order valence-corrected chi connectivity index (χ4v) is 2.77. The second kappa shape index (κ2) is 8.25. The van der Waals surface area contributed by atoms with Gasteiger partial charge in [-0.15, -0.1) is 0 Å². The normalized spacial score (nSPS) is 22.0. The maximum absolute atomic E-state index is 10.9. The highest BCUT2D eigenvalue weighted by molar-refractivity contribution is 6.30. The third-order valence-electron chi connectivity index (χ3n) is 3.91. The van der Waals surface area contributed by atoms with Gasteiger partial charge in [0.15, 0.2) is 0 Å². The van der Waals surface area contributed by atoms with Crippen molar-refractivity contribution in [3.05, 3.63) is 29.3 Å². The molecule has 1 aromatic rings. The van der Waals surface area contributed by atoms with Crippen LogP contribution in [-0.2, 0) is 4.79 Å². The van der Waals surface area contributed by atoms with Crippen molar-refractivity contribution in [1.82, 2.24) is 5.32 Å². The van der Waals surface area contributed by atoms with E-state index in [0.717, 1.165) is 44.4 Å². The van der Waals surface area contributed by atoms with Crippen LogP contribution in [0.4, 0.5) is 0 Å². The number of halogens is 1. The van der Waals surface area contributed by atoms with Gasteiger partial charge in [0.2, 0.25) is 0 Å². The lowest BCUT2D eigenvalue weighted by Gasteiger charge is -2.26. The first kappa shape index (κ1) is 16.1. The van der Waals surface area contributed by atoms with Crippen LogP contribution in [0.1, 0.15) is 32.1 Å². The maximum Gasteiger partial charge on any atom is 0.306 e. The molecule has 0 spiro atoms. The summed E-state index contributed by atoms with van der Waals surface area (Å²) in [6, 6.07) is 7.81. The summed E-state index contributed by atoms with van der Waals surface area (Å²) in [5, 5.41) is 13.1. The van der Waals surface area contributed by atoms with E-state index in [0.29, 0.717) is 17.7 Å². The Hall–Kier alpha value is -1.26. The van der Waals surface area contributed by atoms with Gasteiger partial charge in [-0.3, -0.25) is 4.79 Å². The van der Waals surface area contributed by atoms with Gasteiger partial charge in [-0.1, -0.05) is 11.6 Å². The first-order valence-electron chi connectivity index (χ1n) is 7.49. The number of rotatable bonds is 7. The lowest BCUT2D eigenvalue weighted by Crippen LogP contribution is -2.35. The summed E-state index contributed by atoms with van der Waals surface area (Å²) in [6.07, 6.45) is 4.41. The predicted molar refractivity (Wildman–Crippen MR) is 82.9 cm³/mol. The third kappa shape index (κ3) is 5.56. The molecule has 1 aliphatic rings. The number of nitrogens with one attached hydrogen (secondary N) is 1. The number of aliphatic carboxylic acids is 1. The van der Waals surface area contributed by atoms with Crippen molar-refractivity contribution in [3.8, 4) is 5.75 Å². The molecule has 1 fully saturated rings. The summed E-state index contributed by atoms with van der Waals surface area (Å²) in [5.74, 6) is 0.0440. The Labute approximate surface area is 130 Å². The molecule has 0 bridgehead atoms. The molecule has 2 N–H and O–H groups in total. The minimum Gasteiger partial charge on any atom is -0.494 e. The van der Waals surface area contributed by atoms with Crippen LogP contribution >= 0.6 is 11.6 Å². The molecule has 0 radical (unpaired) electrons. The number of ether oxygens (including phenoxy) is 1. The largest absolute Gasteiger partial charge is 0.494 e. The van der Waals surface area contributed by atoms with Crippen molar-refractivity contribution in [2.75, 3.05) is 13.2 Å². The lowest BCUT2D eigenvalue weighted by atomic mass is 9.86. The molecule has 1 aliphatic carbocycles. The zero-order chi connectivity index (χ0) is 15.1. The molecule has 1 saturated carbocycles. The highest BCUT2D eigenvalue weighted by Gasteiger charge is 2.25. The van der Waals surface area contributed by atoms with Gasteiger partial charge in [0.05, 0.1) is 12.5 Å². The monoisotopic (exact) mass is 311 g/mol. The molecular weight excluding hydrogens is 290 g/mol. The van der Waals surface area contributed by atoms with Crippen LogP contribution < -0.4 is 10.1 Å². The maximum atomic E-state index is 10.9. The number of carboxylic acid groups (broad SMARTS) is 1. The van der Waals surface area contributed by atoms with Crippen LogP contribution in [0, 0.1) is 5.92 Å². The van der Waals surface area contributed by atoms with E-state index in [1.54, 1.807) is 0 Å². The van der Waals surface area contributed by atoms with E-state index in [1.807, 2.05) is 24.3 Å². The zero-order valence-corrected chi connectivity index (χ0v) is 12.8. The van der Waals surface area contributed by atoms with Crippen LogP contribution in [0.5, 0.6) is 5.75 Å². The van der Waals surface area contributed by atoms with Gasteiger partial charge >= 0.3 is 5.97 Å². The minimum absolute atomic E-state index is 0.142. The summed E-state index contributed by atoms with van der Waals surface area (Å²) in [6.45, 7) is 1.56. The second-order valence-corrected chi connectivity index (χ2v) is 5.93. The SMILES string of the molecule is O=C(O)C1CCC(NCCCOc2ccc(Cl)cc2)CC1. The van der Waals surface area contributed by atoms with E-state index in [4.69, 9.17) is 21.4 Å². The fraction of sp³-hybridized carbons (Fsp3) is 0.562. The van der Waals surface area contributed by atoms with E-state index >= 15 is 0 Å². The van der Waals surface area contributed by atoms with E-state index in [1.165, 1.54) is 0 Å². The van der Waals surface area contributed by atoms with Gasteiger partial charge in [0.1, 0.15) is 5.75 Å². The van der Waals surface area contributed by atoms with Crippen molar-refractivity contribution in [2.45, 2.75) is 38.1 Å². The number of benzene rings is 1. The third-order valence-corrected chi connectivity index (χ3v) is 4.16. The average molecular weight is 312 g/mol. The summed E-state index contributed by atoms with van der Waals surface area (Å²) in [4.78, 5) is 10.9. The summed E-state index contributed by atoms with van der Waals surface area (Å²) >= 11 is 5.81. The summed E-state index contributed by atoms with van der Waals surface area (Å²) < 4.78 is 5.62. The molecule has 0 atom stereocenters. The molecule has 21 heavy (non-hydrogen) atoms. The van der Waals surface area contributed by atoms with Gasteiger partial charge in [-0.25, -0.2) is 0 Å². The molecule has 0 aliphatic heterocycles. The smallest absolute Gasteiger partial charge is 0.306 e. The molecule has 0 unspecified atom stereocenters. The van der Waals surface area contributed by atoms with E-state index in [2.05, 4.69) is 5.32 Å². The zero-order valence-electron chi connectivity index (χ0n) is 12.1. The van der Waals surface area contributed by atoms with Gasteiger partial charge in [0.25, 0.3) is 0 Å². The Morgan fingerprint density at radius 3 is 2.52 bits per heavy atom. The molecule has 5 heteroatoms. The van der Waals surface area contributed by atoms with E-state index < -0.39 is 5.97 Å². The molecule has 2 rings (SSSR count). The Bertz CT molecular complexity index is 441. The standard InChI is InChI=1S/C16H22ClNO3/c17-13-4-8-15(9-5-13)21-11-1-10-18-14-6-2-12(3-7-14)16(19)20/h4-5,8-9,12,14,18H,1-3,6-7,10-11H2,(H,19,20). The predicted octanol–water partition coefficient (Wildman–Crippen LogP) is 3.34. The van der Waals surface area contributed by atoms with Crippen molar-refractivity contribution in [1.29, 1.82) is 0 Å². The van der Waals surface area contributed by atoms with Crippen LogP contribution in [-0.4, -0.2) is 30.3 Å². The Balaban J connectivity index is 1.54. The van der Waals surface area contributed by atoms with E-state index in [-0.39, 0.29) is 5.92 Å². The van der Waals surface area contributed by atoms with Crippen molar-refractivity contribution >= 4 is 17.6 Å². The highest BCUT2D eigenvalue weighted by atomic mass is 35.5. The van der Waals surface area contributed by atoms with Crippen molar-refractivity contribution in [2.24, 2.45) is 5.92 Å². The number of hydrogen-bond donors (Lipinski definition) is 2. The average Bonchev–Trinajstić information content (AvgIpc) is 2.49. The fourth-order valence-electron chi connectivity index (χ4n) is 2.64. The summed E-state index contributed by atoms with van der Waals surface area (Å²) in [5.41, 5.74) is 0. The first-order chi connectivity index (χ1) is 10.1. The Morgan fingerprint density at radius 2 is 1.90 bits per heavy atom. The van der Waals surface area contributed by atoms with Crippen LogP contribution in [0.25, 0.3) is 0 Å². The minimum atomic E-state index is -0.648.